The molecule has 166 valence electrons. The van der Waals surface area contributed by atoms with E-state index >= 15 is 0 Å². The van der Waals surface area contributed by atoms with Gasteiger partial charge in [0.15, 0.2) is 0 Å². The van der Waals surface area contributed by atoms with Gasteiger partial charge in [0.25, 0.3) is 0 Å². The van der Waals surface area contributed by atoms with Crippen LogP contribution in [0.2, 0.25) is 0 Å². The molecule has 1 aromatic heterocycles. The number of nitrogens with zero attached hydrogens (tertiary/aromatic N) is 2. The molecule has 0 spiro atoms. The van der Waals surface area contributed by atoms with Crippen LogP contribution in [0.5, 0.6) is 11.5 Å². The zero-order valence-corrected chi connectivity index (χ0v) is 18.6. The third-order valence-corrected chi connectivity index (χ3v) is 6.00. The molecule has 1 aliphatic rings. The number of rotatable bonds is 4. The quantitative estimate of drug-likeness (QED) is 0.448. The van der Waals surface area contributed by atoms with E-state index in [4.69, 9.17) is 9.47 Å². The van der Waals surface area contributed by atoms with Gasteiger partial charge >= 0.3 is 6.03 Å². The number of hydrogen-bond acceptors (Lipinski definition) is 3. The molecule has 0 aliphatic carbocycles. The lowest BCUT2D eigenvalue weighted by molar-refractivity contribution is 0.194. The van der Waals surface area contributed by atoms with Crippen molar-refractivity contribution >= 4 is 11.7 Å². The fraction of sp³-hybridized carbons (Fsp3) is 0.148. The van der Waals surface area contributed by atoms with Gasteiger partial charge in [0.05, 0.1) is 32.5 Å². The summed E-state index contributed by atoms with van der Waals surface area (Å²) in [6, 6.07) is 27.1. The van der Waals surface area contributed by atoms with Gasteiger partial charge in [0.1, 0.15) is 11.5 Å². The molecular weight excluding hydrogens is 414 g/mol. The van der Waals surface area contributed by atoms with E-state index in [-0.39, 0.29) is 12.1 Å². The second-order valence-electron chi connectivity index (χ2n) is 7.89. The Bertz CT molecular complexity index is 1260. The lowest BCUT2D eigenvalue weighted by Gasteiger charge is -2.31. The van der Waals surface area contributed by atoms with Gasteiger partial charge in [-0.05, 0) is 65.7 Å². The number of fused-ring (bicyclic) bond motifs is 3. The van der Waals surface area contributed by atoms with Crippen molar-refractivity contribution in [2.75, 3.05) is 19.5 Å². The van der Waals surface area contributed by atoms with Crippen LogP contribution in [0, 0.1) is 0 Å². The van der Waals surface area contributed by atoms with E-state index in [1.807, 2.05) is 71.6 Å². The van der Waals surface area contributed by atoms with E-state index in [0.29, 0.717) is 12.2 Å². The standard InChI is InChI=1S/C27H25N3O3/c1-32-22-13-9-19(10-14-22)26-25-8-5-17-29(25)24-7-4-3-6-20(24)18-30(26)27(31)28-21-11-15-23(33-2)16-12-21/h3-17,26H,18H2,1-2H3,(H,28,31)/t26-/m1/s1. The van der Waals surface area contributed by atoms with E-state index < -0.39 is 0 Å². The number of methoxy groups -OCH3 is 2. The molecule has 4 aromatic rings. The molecule has 6 nitrogen and oxygen atoms in total. The molecule has 3 aromatic carbocycles. The predicted octanol–water partition coefficient (Wildman–Crippen LogP) is 5.63. The predicted molar refractivity (Wildman–Crippen MR) is 128 cm³/mol. The van der Waals surface area contributed by atoms with Crippen molar-refractivity contribution in [3.63, 3.8) is 0 Å². The minimum absolute atomic E-state index is 0.176. The number of ether oxygens (including phenoxy) is 2. The summed E-state index contributed by atoms with van der Waals surface area (Å²) in [6.07, 6.45) is 2.05. The third kappa shape index (κ3) is 3.91. The maximum absolute atomic E-state index is 13.7. The van der Waals surface area contributed by atoms with Crippen LogP contribution in [0.25, 0.3) is 5.69 Å². The summed E-state index contributed by atoms with van der Waals surface area (Å²) in [5.41, 5.74) is 4.90. The van der Waals surface area contributed by atoms with E-state index in [1.165, 1.54) is 0 Å². The van der Waals surface area contributed by atoms with Crippen molar-refractivity contribution in [1.82, 2.24) is 9.47 Å². The van der Waals surface area contributed by atoms with Crippen molar-refractivity contribution in [3.05, 3.63) is 108 Å². The monoisotopic (exact) mass is 439 g/mol. The topological polar surface area (TPSA) is 55.7 Å². The number of benzene rings is 3. The van der Waals surface area contributed by atoms with Gasteiger partial charge < -0.3 is 24.3 Å². The number of hydrogen-bond donors (Lipinski definition) is 1. The van der Waals surface area contributed by atoms with Crippen LogP contribution in [-0.2, 0) is 6.54 Å². The van der Waals surface area contributed by atoms with Gasteiger partial charge in [-0.3, -0.25) is 0 Å². The zero-order chi connectivity index (χ0) is 22.8. The van der Waals surface area contributed by atoms with Gasteiger partial charge in [-0.1, -0.05) is 30.3 Å². The first-order valence-electron chi connectivity index (χ1n) is 10.8. The summed E-state index contributed by atoms with van der Waals surface area (Å²) in [6.45, 7) is 0.469. The minimum atomic E-state index is -0.281. The summed E-state index contributed by atoms with van der Waals surface area (Å²) in [7, 11) is 3.27. The Labute approximate surface area is 193 Å². The molecule has 0 radical (unpaired) electrons. The Balaban J connectivity index is 1.58. The maximum atomic E-state index is 13.7. The van der Waals surface area contributed by atoms with Gasteiger partial charge in [0.2, 0.25) is 0 Å². The van der Waals surface area contributed by atoms with Crippen molar-refractivity contribution in [1.29, 1.82) is 0 Å². The molecule has 0 fully saturated rings. The first kappa shape index (κ1) is 20.7. The Morgan fingerprint density at radius 3 is 2.21 bits per heavy atom. The highest BCUT2D eigenvalue weighted by molar-refractivity contribution is 5.90. The molecule has 5 rings (SSSR count). The molecule has 0 saturated heterocycles. The first-order valence-corrected chi connectivity index (χ1v) is 10.8. The van der Waals surface area contributed by atoms with Crippen LogP contribution in [0.1, 0.15) is 22.9 Å². The van der Waals surface area contributed by atoms with Gasteiger partial charge in [-0.15, -0.1) is 0 Å². The smallest absolute Gasteiger partial charge is 0.322 e. The number of carbonyl (C=O) groups excluding carboxylic acids is 1. The zero-order valence-electron chi connectivity index (χ0n) is 18.6. The van der Waals surface area contributed by atoms with Crippen LogP contribution in [-0.4, -0.2) is 29.7 Å². The van der Waals surface area contributed by atoms with Crippen LogP contribution < -0.4 is 14.8 Å². The first-order chi connectivity index (χ1) is 16.2. The van der Waals surface area contributed by atoms with Crippen molar-refractivity contribution < 1.29 is 14.3 Å². The average Bonchev–Trinajstić information content (AvgIpc) is 3.29. The molecule has 1 atom stereocenters. The minimum Gasteiger partial charge on any atom is -0.497 e. The van der Waals surface area contributed by atoms with Gasteiger partial charge in [-0.2, -0.15) is 0 Å². The lowest BCUT2D eigenvalue weighted by atomic mass is 10.0. The average molecular weight is 440 g/mol. The number of para-hydroxylation sites is 1. The highest BCUT2D eigenvalue weighted by Gasteiger charge is 2.33. The molecule has 2 amide bonds. The van der Waals surface area contributed by atoms with Crippen LogP contribution in [0.4, 0.5) is 10.5 Å². The highest BCUT2D eigenvalue weighted by atomic mass is 16.5. The number of aromatic nitrogens is 1. The SMILES string of the molecule is COc1ccc(NC(=O)N2Cc3ccccc3-n3cccc3[C@H]2c2ccc(OC)cc2)cc1. The molecule has 1 N–H and O–H groups in total. The van der Waals surface area contributed by atoms with Crippen LogP contribution in [0.15, 0.2) is 91.1 Å². The van der Waals surface area contributed by atoms with Crippen molar-refractivity contribution in [2.24, 2.45) is 0 Å². The maximum Gasteiger partial charge on any atom is 0.322 e. The number of urea groups is 1. The summed E-state index contributed by atoms with van der Waals surface area (Å²) < 4.78 is 12.8. The number of amides is 2. The lowest BCUT2D eigenvalue weighted by Crippen LogP contribution is -2.37. The van der Waals surface area contributed by atoms with E-state index in [9.17, 15) is 4.79 Å². The molecule has 1 aliphatic heterocycles. The largest absolute Gasteiger partial charge is 0.497 e. The fourth-order valence-corrected chi connectivity index (χ4v) is 4.35. The van der Waals surface area contributed by atoms with Gasteiger partial charge in [0, 0.05) is 17.6 Å². The summed E-state index contributed by atoms with van der Waals surface area (Å²) >= 11 is 0. The number of nitrogens with one attached hydrogen (secondary N) is 1. The van der Waals surface area contributed by atoms with Crippen LogP contribution in [0.3, 0.4) is 0 Å². The normalized spacial score (nSPS) is 14.6. The second-order valence-corrected chi connectivity index (χ2v) is 7.89. The number of anilines is 1. The molecule has 2 heterocycles. The molecule has 6 heteroatoms. The molecule has 0 unspecified atom stereocenters. The molecule has 0 saturated carbocycles. The summed E-state index contributed by atoms with van der Waals surface area (Å²) in [5.74, 6) is 1.52. The third-order valence-electron chi connectivity index (χ3n) is 6.00. The van der Waals surface area contributed by atoms with Crippen LogP contribution >= 0.6 is 0 Å². The van der Waals surface area contributed by atoms with Gasteiger partial charge in [-0.25, -0.2) is 4.79 Å². The Morgan fingerprint density at radius 2 is 1.52 bits per heavy atom. The molecule has 33 heavy (non-hydrogen) atoms. The van der Waals surface area contributed by atoms with Crippen molar-refractivity contribution in [3.8, 4) is 17.2 Å². The Hall–Kier alpha value is -4.19. The van der Waals surface area contributed by atoms with E-state index in [0.717, 1.165) is 34.0 Å². The van der Waals surface area contributed by atoms with E-state index in [2.05, 4.69) is 34.3 Å². The molecule has 0 bridgehead atoms. The highest BCUT2D eigenvalue weighted by Crippen LogP contribution is 2.37. The fourth-order valence-electron chi connectivity index (χ4n) is 4.35. The Kier molecular flexibility index (Phi) is 5.48. The molecular formula is C27H25N3O3. The van der Waals surface area contributed by atoms with E-state index in [1.54, 1.807) is 14.2 Å². The Morgan fingerprint density at radius 1 is 0.848 bits per heavy atom. The second kappa shape index (κ2) is 8.74. The number of carbonyl (C=O) groups is 1. The summed E-state index contributed by atoms with van der Waals surface area (Å²) in [4.78, 5) is 15.6. The summed E-state index contributed by atoms with van der Waals surface area (Å²) in [5, 5.41) is 3.06. The van der Waals surface area contributed by atoms with Crippen molar-refractivity contribution in [2.45, 2.75) is 12.6 Å².